The molecule has 1 N–H and O–H groups in total. The van der Waals surface area contributed by atoms with E-state index in [1.54, 1.807) is 30.3 Å². The monoisotopic (exact) mass is 339 g/mol. The van der Waals surface area contributed by atoms with Gasteiger partial charge in [0.05, 0.1) is 4.91 Å². The molecule has 1 aromatic heterocycles. The summed E-state index contributed by atoms with van der Waals surface area (Å²) in [6.07, 6.45) is 1.51. The first-order chi connectivity index (χ1) is 10.0. The topological polar surface area (TPSA) is 59.3 Å². The zero-order chi connectivity index (χ0) is 15.0. The Labute approximate surface area is 134 Å². The lowest BCUT2D eigenvalue weighted by Crippen LogP contribution is -2.17. The number of furan rings is 1. The van der Waals surface area contributed by atoms with Gasteiger partial charge in [0.1, 0.15) is 11.5 Å². The van der Waals surface area contributed by atoms with E-state index in [0.29, 0.717) is 26.5 Å². The van der Waals surface area contributed by atoms with Crippen molar-refractivity contribution >= 4 is 52.2 Å². The molecule has 1 saturated heterocycles. The highest BCUT2D eigenvalue weighted by atomic mass is 35.5. The maximum atomic E-state index is 11.5. The average molecular weight is 340 g/mol. The average Bonchev–Trinajstić information content (AvgIpc) is 2.96. The van der Waals surface area contributed by atoms with Crippen LogP contribution in [0.2, 0.25) is 10.0 Å². The molecule has 4 nitrogen and oxygen atoms in total. The van der Waals surface area contributed by atoms with Crippen LogP contribution in [-0.2, 0) is 4.79 Å². The van der Waals surface area contributed by atoms with Crippen LogP contribution in [0.4, 0.5) is 4.79 Å². The van der Waals surface area contributed by atoms with Crippen molar-refractivity contribution in [1.82, 2.24) is 5.32 Å². The van der Waals surface area contributed by atoms with Gasteiger partial charge in [-0.05, 0) is 42.1 Å². The fourth-order valence-corrected chi connectivity index (χ4v) is 3.02. The predicted octanol–water partition coefficient (Wildman–Crippen LogP) is 4.58. The van der Waals surface area contributed by atoms with Crippen LogP contribution in [0.3, 0.4) is 0 Å². The molecule has 0 saturated carbocycles. The molecular weight excluding hydrogens is 333 g/mol. The zero-order valence-corrected chi connectivity index (χ0v) is 12.7. The maximum Gasteiger partial charge on any atom is 0.290 e. The van der Waals surface area contributed by atoms with Gasteiger partial charge in [0.25, 0.3) is 11.1 Å². The summed E-state index contributed by atoms with van der Waals surface area (Å²) < 4.78 is 5.63. The Morgan fingerprint density at radius 2 is 1.81 bits per heavy atom. The van der Waals surface area contributed by atoms with Gasteiger partial charge in [-0.15, -0.1) is 0 Å². The number of amides is 2. The molecule has 7 heteroatoms. The minimum atomic E-state index is -0.422. The lowest BCUT2D eigenvalue weighted by molar-refractivity contribution is -0.115. The number of rotatable bonds is 2. The van der Waals surface area contributed by atoms with Crippen molar-refractivity contribution in [1.29, 1.82) is 0 Å². The van der Waals surface area contributed by atoms with Crippen molar-refractivity contribution in [2.75, 3.05) is 0 Å². The van der Waals surface area contributed by atoms with Crippen molar-refractivity contribution in [2.24, 2.45) is 0 Å². The smallest absolute Gasteiger partial charge is 0.290 e. The van der Waals surface area contributed by atoms with Crippen LogP contribution in [0.1, 0.15) is 5.76 Å². The molecule has 0 bridgehead atoms. The molecule has 3 rings (SSSR count). The molecule has 0 unspecified atom stereocenters. The molecule has 0 radical (unpaired) electrons. The molecule has 2 aromatic rings. The first-order valence-corrected chi connectivity index (χ1v) is 7.40. The van der Waals surface area contributed by atoms with E-state index in [9.17, 15) is 9.59 Å². The van der Waals surface area contributed by atoms with E-state index in [4.69, 9.17) is 27.6 Å². The molecule has 1 fully saturated rings. The Balaban J connectivity index is 1.92. The van der Waals surface area contributed by atoms with Gasteiger partial charge in [-0.3, -0.25) is 14.9 Å². The summed E-state index contributed by atoms with van der Waals surface area (Å²) in [7, 11) is 0. The summed E-state index contributed by atoms with van der Waals surface area (Å²) >= 11 is 12.7. The molecule has 0 aliphatic carbocycles. The lowest BCUT2D eigenvalue weighted by atomic mass is 10.2. The van der Waals surface area contributed by atoms with Gasteiger partial charge in [-0.2, -0.15) is 0 Å². The van der Waals surface area contributed by atoms with Gasteiger partial charge >= 0.3 is 0 Å². The van der Waals surface area contributed by atoms with Gasteiger partial charge < -0.3 is 4.42 Å². The minimum Gasteiger partial charge on any atom is -0.457 e. The van der Waals surface area contributed by atoms with Crippen molar-refractivity contribution in [3.63, 3.8) is 0 Å². The Hall–Kier alpha value is -1.69. The van der Waals surface area contributed by atoms with E-state index < -0.39 is 5.91 Å². The molecule has 1 aliphatic rings. The maximum absolute atomic E-state index is 11.5. The fourth-order valence-electron chi connectivity index (χ4n) is 1.83. The second kappa shape index (κ2) is 5.60. The lowest BCUT2D eigenvalue weighted by Gasteiger charge is -1.99. The van der Waals surface area contributed by atoms with Crippen LogP contribution >= 0.6 is 35.0 Å². The quantitative estimate of drug-likeness (QED) is 0.813. The molecular formula is C14H7Cl2NO3S. The molecule has 106 valence electrons. The highest BCUT2D eigenvalue weighted by Crippen LogP contribution is 2.31. The van der Waals surface area contributed by atoms with Crippen molar-refractivity contribution in [3.8, 4) is 11.3 Å². The highest BCUT2D eigenvalue weighted by molar-refractivity contribution is 8.18. The van der Waals surface area contributed by atoms with Crippen molar-refractivity contribution in [2.45, 2.75) is 0 Å². The number of carbonyl (C=O) groups excluding carboxylic acids is 2. The largest absolute Gasteiger partial charge is 0.457 e. The third-order valence-corrected chi connectivity index (χ3v) is 3.94. The second-order valence-corrected chi connectivity index (χ2v) is 6.10. The number of benzene rings is 1. The fraction of sp³-hybridized carbons (Fsp3) is 0. The summed E-state index contributed by atoms with van der Waals surface area (Å²) in [6, 6.07) is 8.53. The van der Waals surface area contributed by atoms with Crippen LogP contribution < -0.4 is 5.32 Å². The first-order valence-electron chi connectivity index (χ1n) is 5.82. The first kappa shape index (κ1) is 14.3. The Kier molecular flexibility index (Phi) is 3.80. The molecule has 1 aliphatic heterocycles. The van der Waals surface area contributed by atoms with Crippen LogP contribution in [0.5, 0.6) is 0 Å². The second-order valence-electron chi connectivity index (χ2n) is 4.21. The standard InChI is InChI=1S/C14H7Cl2NO3S/c15-8-3-7(4-9(16)5-8)11-2-1-10(20-11)6-12-13(18)17-14(19)21-12/h1-6H,(H,17,18,19)/b12-6+. The molecule has 2 amide bonds. The third-order valence-electron chi connectivity index (χ3n) is 2.69. The van der Waals surface area contributed by atoms with E-state index in [0.717, 1.165) is 17.3 Å². The van der Waals surface area contributed by atoms with E-state index >= 15 is 0 Å². The van der Waals surface area contributed by atoms with Crippen LogP contribution in [-0.4, -0.2) is 11.1 Å². The predicted molar refractivity (Wildman–Crippen MR) is 83.3 cm³/mol. The van der Waals surface area contributed by atoms with Gasteiger partial charge in [0.2, 0.25) is 0 Å². The summed E-state index contributed by atoms with van der Waals surface area (Å²) in [5.74, 6) is 0.614. The number of hydrogen-bond donors (Lipinski definition) is 1. The summed E-state index contributed by atoms with van der Waals surface area (Å²) in [5.41, 5.74) is 0.733. The Bertz CT molecular complexity index is 762. The SMILES string of the molecule is O=C1NC(=O)/C(=C\c2ccc(-c3cc(Cl)cc(Cl)c3)o2)S1. The van der Waals surface area contributed by atoms with E-state index in [-0.39, 0.29) is 5.24 Å². The Morgan fingerprint density at radius 1 is 1.10 bits per heavy atom. The third kappa shape index (κ3) is 3.15. The van der Waals surface area contributed by atoms with Gasteiger partial charge in [-0.25, -0.2) is 0 Å². The minimum absolute atomic E-state index is 0.296. The summed E-state index contributed by atoms with van der Waals surface area (Å²) in [6.45, 7) is 0. The molecule has 0 atom stereocenters. The summed E-state index contributed by atoms with van der Waals surface area (Å²) in [4.78, 5) is 22.8. The van der Waals surface area contributed by atoms with Gasteiger partial charge in [-0.1, -0.05) is 23.2 Å². The zero-order valence-electron chi connectivity index (χ0n) is 10.4. The molecule has 1 aromatic carbocycles. The summed E-state index contributed by atoms with van der Waals surface area (Å²) in [5, 5.41) is 2.80. The number of thioether (sulfide) groups is 1. The Morgan fingerprint density at radius 3 is 2.43 bits per heavy atom. The molecule has 21 heavy (non-hydrogen) atoms. The van der Waals surface area contributed by atoms with Crippen LogP contribution in [0.15, 0.2) is 39.7 Å². The van der Waals surface area contributed by atoms with Crippen LogP contribution in [0, 0.1) is 0 Å². The molecule has 2 heterocycles. The molecule has 0 spiro atoms. The number of hydrogen-bond acceptors (Lipinski definition) is 4. The number of carbonyl (C=O) groups is 2. The van der Waals surface area contributed by atoms with Gasteiger partial charge in [0.15, 0.2) is 0 Å². The highest BCUT2D eigenvalue weighted by Gasteiger charge is 2.25. The number of nitrogens with one attached hydrogen (secondary N) is 1. The van der Waals surface area contributed by atoms with Crippen LogP contribution in [0.25, 0.3) is 17.4 Å². The van der Waals surface area contributed by atoms with Crippen molar-refractivity contribution in [3.05, 3.63) is 51.0 Å². The normalized spacial score (nSPS) is 16.6. The number of halogens is 2. The van der Waals surface area contributed by atoms with E-state index in [2.05, 4.69) is 5.32 Å². The van der Waals surface area contributed by atoms with Gasteiger partial charge in [0, 0.05) is 21.7 Å². The van der Waals surface area contributed by atoms with Crippen molar-refractivity contribution < 1.29 is 14.0 Å². The van der Waals surface area contributed by atoms with E-state index in [1.807, 2.05) is 0 Å². The number of imide groups is 1. The van der Waals surface area contributed by atoms with E-state index in [1.165, 1.54) is 6.08 Å².